The first kappa shape index (κ1) is 18.6. The van der Waals surface area contributed by atoms with E-state index in [0.29, 0.717) is 23.4 Å². The van der Waals surface area contributed by atoms with E-state index in [-0.39, 0.29) is 24.4 Å². The average molecular weight is 345 g/mol. The fourth-order valence-corrected chi connectivity index (χ4v) is 2.24. The van der Waals surface area contributed by atoms with Crippen molar-refractivity contribution in [1.29, 1.82) is 0 Å². The summed E-state index contributed by atoms with van der Waals surface area (Å²) < 4.78 is 6.47. The Hall–Kier alpha value is -2.70. The Bertz CT molecular complexity index is 813. The predicted octanol–water partition coefficient (Wildman–Crippen LogP) is 1.49. The van der Waals surface area contributed by atoms with E-state index in [0.717, 1.165) is 0 Å². The Morgan fingerprint density at radius 3 is 2.68 bits per heavy atom. The number of nitrogens with one attached hydrogen (secondary N) is 1. The summed E-state index contributed by atoms with van der Waals surface area (Å²) in [5.74, 6) is -0.544. The highest BCUT2D eigenvalue weighted by molar-refractivity contribution is 5.83. The van der Waals surface area contributed by atoms with Crippen LogP contribution in [0.4, 0.5) is 0 Å². The topological polar surface area (TPSA) is 90.3 Å². The van der Waals surface area contributed by atoms with Crippen LogP contribution in [0.3, 0.4) is 0 Å². The number of hydrogen-bond acceptors (Lipinski definition) is 5. The van der Waals surface area contributed by atoms with Gasteiger partial charge in [0.1, 0.15) is 0 Å². The lowest BCUT2D eigenvalue weighted by atomic mass is 10.2. The van der Waals surface area contributed by atoms with Crippen molar-refractivity contribution in [3.8, 4) is 0 Å². The van der Waals surface area contributed by atoms with Gasteiger partial charge in [0.05, 0.1) is 23.7 Å². The molecule has 7 heteroatoms. The van der Waals surface area contributed by atoms with Gasteiger partial charge in [0.15, 0.2) is 6.10 Å². The number of fused-ring (bicyclic) bond motifs is 1. The van der Waals surface area contributed by atoms with E-state index in [2.05, 4.69) is 10.3 Å². The van der Waals surface area contributed by atoms with E-state index in [1.165, 1.54) is 17.8 Å². The summed E-state index contributed by atoms with van der Waals surface area (Å²) in [5, 5.41) is 3.21. The summed E-state index contributed by atoms with van der Waals surface area (Å²) in [6.07, 6.45) is 0.538. The first-order valence-corrected chi connectivity index (χ1v) is 8.30. The van der Waals surface area contributed by atoms with Crippen molar-refractivity contribution in [2.75, 3.05) is 6.54 Å². The number of rotatable bonds is 7. The van der Waals surface area contributed by atoms with Crippen LogP contribution in [0.15, 0.2) is 35.4 Å². The van der Waals surface area contributed by atoms with Gasteiger partial charge >= 0.3 is 5.97 Å². The predicted molar refractivity (Wildman–Crippen MR) is 94.0 cm³/mol. The first-order chi connectivity index (χ1) is 11.9. The molecule has 0 radical (unpaired) electrons. The highest BCUT2D eigenvalue weighted by atomic mass is 16.5. The third-order valence-corrected chi connectivity index (χ3v) is 3.65. The number of esters is 1. The largest absolute Gasteiger partial charge is 0.452 e. The van der Waals surface area contributed by atoms with Gasteiger partial charge in [-0.2, -0.15) is 0 Å². The molecular weight excluding hydrogens is 322 g/mol. The number of aryl methyl sites for hydroxylation is 1. The van der Waals surface area contributed by atoms with E-state index < -0.39 is 12.1 Å². The molecule has 1 heterocycles. The van der Waals surface area contributed by atoms with Gasteiger partial charge < -0.3 is 10.1 Å². The number of carbonyl (C=O) groups excluding carboxylic acids is 2. The number of benzene rings is 1. The number of ether oxygens (including phenoxy) is 1. The van der Waals surface area contributed by atoms with Crippen molar-refractivity contribution >= 4 is 22.8 Å². The SMILES string of the molecule is CC(C)CNC(=O)C(C)OC(=O)CCn1cnc2ccccc2c1=O. The summed E-state index contributed by atoms with van der Waals surface area (Å²) in [5.41, 5.74) is 0.405. The van der Waals surface area contributed by atoms with Crippen molar-refractivity contribution in [2.45, 2.75) is 39.8 Å². The minimum absolute atomic E-state index is 0.0122. The fraction of sp³-hybridized carbons (Fsp3) is 0.444. The van der Waals surface area contributed by atoms with Crippen LogP contribution >= 0.6 is 0 Å². The lowest BCUT2D eigenvalue weighted by Crippen LogP contribution is -2.37. The summed E-state index contributed by atoms with van der Waals surface area (Å²) >= 11 is 0. The second kappa shape index (κ2) is 8.41. The Balaban J connectivity index is 1.91. The summed E-state index contributed by atoms with van der Waals surface area (Å²) in [4.78, 5) is 40.2. The number of nitrogens with zero attached hydrogens (tertiary/aromatic N) is 2. The van der Waals surface area contributed by atoms with Crippen LogP contribution in [0.5, 0.6) is 0 Å². The molecule has 0 fully saturated rings. The molecule has 0 spiro atoms. The maximum atomic E-state index is 12.3. The lowest BCUT2D eigenvalue weighted by molar-refractivity contribution is -0.155. The van der Waals surface area contributed by atoms with E-state index in [9.17, 15) is 14.4 Å². The fourth-order valence-electron chi connectivity index (χ4n) is 2.24. The van der Waals surface area contributed by atoms with Crippen molar-refractivity contribution < 1.29 is 14.3 Å². The van der Waals surface area contributed by atoms with E-state index in [1.54, 1.807) is 18.2 Å². The highest BCUT2D eigenvalue weighted by Crippen LogP contribution is 2.05. The van der Waals surface area contributed by atoms with E-state index in [1.807, 2.05) is 19.9 Å². The molecule has 1 atom stereocenters. The molecule has 1 aromatic heterocycles. The maximum Gasteiger partial charge on any atom is 0.308 e. The number of amides is 1. The molecule has 134 valence electrons. The monoisotopic (exact) mass is 345 g/mol. The first-order valence-electron chi connectivity index (χ1n) is 8.30. The summed E-state index contributed by atoms with van der Waals surface area (Å²) in [6.45, 7) is 6.16. The van der Waals surface area contributed by atoms with Crippen LogP contribution in [0.1, 0.15) is 27.2 Å². The standard InChI is InChI=1S/C18H23N3O4/c1-12(2)10-19-17(23)13(3)25-16(22)8-9-21-11-20-15-7-5-4-6-14(15)18(21)24/h4-7,11-13H,8-10H2,1-3H3,(H,19,23). The molecule has 0 aliphatic carbocycles. The Morgan fingerprint density at radius 2 is 1.96 bits per heavy atom. The van der Waals surface area contributed by atoms with Crippen LogP contribution in [-0.4, -0.2) is 34.1 Å². The smallest absolute Gasteiger partial charge is 0.308 e. The second-order valence-corrected chi connectivity index (χ2v) is 6.28. The molecule has 0 aliphatic heterocycles. The normalized spacial score (nSPS) is 12.2. The van der Waals surface area contributed by atoms with Gasteiger partial charge in [-0.05, 0) is 25.0 Å². The molecule has 2 aromatic rings. The van der Waals surface area contributed by atoms with Crippen LogP contribution in [0, 0.1) is 5.92 Å². The average Bonchev–Trinajstić information content (AvgIpc) is 2.59. The van der Waals surface area contributed by atoms with Crippen molar-refractivity contribution in [3.63, 3.8) is 0 Å². The van der Waals surface area contributed by atoms with Crippen molar-refractivity contribution in [3.05, 3.63) is 40.9 Å². The third-order valence-electron chi connectivity index (χ3n) is 3.65. The van der Waals surface area contributed by atoms with Gasteiger partial charge in [0.2, 0.25) is 0 Å². The Kier molecular flexibility index (Phi) is 6.27. The molecule has 7 nitrogen and oxygen atoms in total. The molecular formula is C18H23N3O4. The number of para-hydroxylation sites is 1. The van der Waals surface area contributed by atoms with Crippen LogP contribution in [0.2, 0.25) is 0 Å². The van der Waals surface area contributed by atoms with Crippen LogP contribution in [-0.2, 0) is 20.9 Å². The molecule has 0 aliphatic rings. The minimum Gasteiger partial charge on any atom is -0.452 e. The molecule has 2 rings (SSSR count). The van der Waals surface area contributed by atoms with Gasteiger partial charge in [-0.3, -0.25) is 19.0 Å². The zero-order valence-electron chi connectivity index (χ0n) is 14.7. The number of hydrogen-bond donors (Lipinski definition) is 1. The highest BCUT2D eigenvalue weighted by Gasteiger charge is 2.17. The number of carbonyl (C=O) groups is 2. The molecule has 1 N–H and O–H groups in total. The summed E-state index contributed by atoms with van der Waals surface area (Å²) in [7, 11) is 0. The Morgan fingerprint density at radius 1 is 1.24 bits per heavy atom. The number of aromatic nitrogens is 2. The minimum atomic E-state index is -0.863. The van der Waals surface area contributed by atoms with Crippen LogP contribution in [0.25, 0.3) is 10.9 Å². The second-order valence-electron chi connectivity index (χ2n) is 6.28. The molecule has 1 amide bonds. The molecule has 1 aromatic carbocycles. The van der Waals surface area contributed by atoms with Gasteiger partial charge in [0, 0.05) is 13.1 Å². The van der Waals surface area contributed by atoms with Gasteiger partial charge in [-0.15, -0.1) is 0 Å². The zero-order valence-corrected chi connectivity index (χ0v) is 14.7. The van der Waals surface area contributed by atoms with Gasteiger partial charge in [0.25, 0.3) is 11.5 Å². The maximum absolute atomic E-state index is 12.3. The molecule has 25 heavy (non-hydrogen) atoms. The van der Waals surface area contributed by atoms with Gasteiger partial charge in [-0.25, -0.2) is 4.98 Å². The molecule has 0 saturated carbocycles. The third kappa shape index (κ3) is 5.14. The summed E-state index contributed by atoms with van der Waals surface area (Å²) in [6, 6.07) is 7.02. The Labute approximate surface area is 146 Å². The van der Waals surface area contributed by atoms with Crippen molar-refractivity contribution in [1.82, 2.24) is 14.9 Å². The van der Waals surface area contributed by atoms with E-state index >= 15 is 0 Å². The van der Waals surface area contributed by atoms with Crippen molar-refractivity contribution in [2.24, 2.45) is 5.92 Å². The van der Waals surface area contributed by atoms with E-state index in [4.69, 9.17) is 4.74 Å². The molecule has 0 bridgehead atoms. The van der Waals surface area contributed by atoms with Gasteiger partial charge in [-0.1, -0.05) is 26.0 Å². The molecule has 1 unspecified atom stereocenters. The quantitative estimate of drug-likeness (QED) is 0.768. The zero-order chi connectivity index (χ0) is 18.4. The molecule has 0 saturated heterocycles. The van der Waals surface area contributed by atoms with Crippen LogP contribution < -0.4 is 10.9 Å². The lowest BCUT2D eigenvalue weighted by Gasteiger charge is -2.14.